The zero-order chi connectivity index (χ0) is 26.6. The third-order valence-corrected chi connectivity index (χ3v) is 9.70. The van der Waals surface area contributed by atoms with Gasteiger partial charge >= 0.3 is 5.97 Å². The second-order valence-electron chi connectivity index (χ2n) is 7.97. The molecule has 0 aliphatic heterocycles. The highest BCUT2D eigenvalue weighted by molar-refractivity contribution is 8.01. The fourth-order valence-corrected chi connectivity index (χ4v) is 7.39. The summed E-state index contributed by atoms with van der Waals surface area (Å²) in [6, 6.07) is 12.2. The Balaban J connectivity index is 1.88. The van der Waals surface area contributed by atoms with Gasteiger partial charge in [-0.15, -0.1) is 23.1 Å². The lowest BCUT2D eigenvalue weighted by Crippen LogP contribution is -2.36. The van der Waals surface area contributed by atoms with E-state index in [1.165, 1.54) is 35.2 Å². The number of amidine groups is 1. The molecule has 1 atom stereocenters. The molecule has 1 heterocycles. The van der Waals surface area contributed by atoms with Crippen molar-refractivity contribution >= 4 is 56.3 Å². The number of amides is 1. The second-order valence-corrected chi connectivity index (χ2v) is 12.0. The average Bonchev–Trinajstić information content (AvgIpc) is 3.28. The van der Waals surface area contributed by atoms with E-state index in [1.54, 1.807) is 42.7 Å². The first-order valence-corrected chi connectivity index (χ1v) is 14.2. The van der Waals surface area contributed by atoms with Crippen LogP contribution in [0.2, 0.25) is 0 Å². The van der Waals surface area contributed by atoms with Gasteiger partial charge in [0.05, 0.1) is 24.9 Å². The molecule has 0 aliphatic carbocycles. The van der Waals surface area contributed by atoms with Crippen molar-refractivity contribution in [3.63, 3.8) is 0 Å². The van der Waals surface area contributed by atoms with Crippen LogP contribution in [0, 0.1) is 12.3 Å². The number of carboxylic acids is 1. The molecule has 1 amide bonds. The van der Waals surface area contributed by atoms with Gasteiger partial charge in [0, 0.05) is 12.1 Å². The minimum atomic E-state index is -3.86. The van der Waals surface area contributed by atoms with Crippen molar-refractivity contribution in [2.75, 3.05) is 11.6 Å². The molecule has 1 unspecified atom stereocenters. The third kappa shape index (κ3) is 6.13. The number of carboxylic acid groups (broad SMARTS) is 1. The topological polar surface area (TPSA) is 176 Å². The maximum absolute atomic E-state index is 13.4. The largest absolute Gasteiger partial charge is 0.481 e. The lowest BCUT2D eigenvalue weighted by atomic mass is 10.00. The number of rotatable bonds is 10. The van der Waals surface area contributed by atoms with E-state index >= 15 is 0 Å². The van der Waals surface area contributed by atoms with Crippen molar-refractivity contribution in [1.82, 2.24) is 0 Å². The molecule has 0 saturated heterocycles. The maximum Gasteiger partial charge on any atom is 0.303 e. The molecular weight excluding hydrogens is 520 g/mol. The maximum atomic E-state index is 13.4. The highest BCUT2D eigenvalue weighted by Crippen LogP contribution is 2.38. The zero-order valence-electron chi connectivity index (χ0n) is 19.6. The van der Waals surface area contributed by atoms with E-state index < -0.39 is 27.8 Å². The minimum absolute atomic E-state index is 0.0236. The van der Waals surface area contributed by atoms with Gasteiger partial charge in [-0.3, -0.25) is 15.0 Å². The van der Waals surface area contributed by atoms with Crippen LogP contribution in [0.15, 0.2) is 62.5 Å². The number of hydrogen-bond donors (Lipinski definition) is 5. The van der Waals surface area contributed by atoms with Gasteiger partial charge in [0.15, 0.2) is 0 Å². The van der Waals surface area contributed by atoms with Gasteiger partial charge in [-0.05, 0) is 66.6 Å². The Morgan fingerprint density at radius 2 is 1.92 bits per heavy atom. The van der Waals surface area contributed by atoms with Crippen LogP contribution in [0.25, 0.3) is 11.1 Å². The van der Waals surface area contributed by atoms with Gasteiger partial charge in [-0.25, -0.2) is 8.42 Å². The molecule has 2 aromatic carbocycles. The zero-order valence-corrected chi connectivity index (χ0v) is 22.0. The Bertz CT molecular complexity index is 1430. The van der Waals surface area contributed by atoms with Crippen LogP contribution in [0.5, 0.6) is 0 Å². The standard InChI is InChI=1S/C24H26N4O5S3/c1-13-10-15(28-23(31)18(25)8-9-21(29)30)6-7-17(13)14-4-3-5-16(11-14)36(32,33)20-12-19(22(26)27)35-24(20)34-2/h3-7,10-12,18H,8-9,25H2,1-2H3,(H3,26,27)(H,28,31)(H,29,30). The summed E-state index contributed by atoms with van der Waals surface area (Å²) in [5.41, 5.74) is 14.1. The highest BCUT2D eigenvalue weighted by atomic mass is 32.2. The van der Waals surface area contributed by atoms with Crippen LogP contribution in [0.1, 0.15) is 23.3 Å². The van der Waals surface area contributed by atoms with E-state index in [9.17, 15) is 18.0 Å². The number of thioether (sulfide) groups is 1. The number of carbonyl (C=O) groups is 2. The number of sulfone groups is 1. The summed E-state index contributed by atoms with van der Waals surface area (Å²) in [5, 5.41) is 19.1. The Morgan fingerprint density at radius 3 is 2.53 bits per heavy atom. The number of aryl methyl sites for hydroxylation is 1. The highest BCUT2D eigenvalue weighted by Gasteiger charge is 2.25. The number of nitrogens with two attached hydrogens (primary N) is 2. The number of carbonyl (C=O) groups excluding carboxylic acids is 1. The number of nitrogen functional groups attached to an aromatic ring is 1. The quantitative estimate of drug-likeness (QED) is 0.145. The van der Waals surface area contributed by atoms with E-state index in [0.717, 1.165) is 11.1 Å². The van der Waals surface area contributed by atoms with E-state index in [1.807, 2.05) is 6.92 Å². The summed E-state index contributed by atoms with van der Waals surface area (Å²) in [6.45, 7) is 1.83. The summed E-state index contributed by atoms with van der Waals surface area (Å²) in [7, 11) is -3.86. The molecule has 12 heteroatoms. The molecule has 3 aromatic rings. The number of anilines is 1. The summed E-state index contributed by atoms with van der Waals surface area (Å²) >= 11 is 2.45. The summed E-state index contributed by atoms with van der Waals surface area (Å²) in [4.78, 5) is 23.6. The van der Waals surface area contributed by atoms with Gasteiger partial charge in [-0.1, -0.05) is 18.2 Å². The van der Waals surface area contributed by atoms with Crippen molar-refractivity contribution in [1.29, 1.82) is 5.41 Å². The summed E-state index contributed by atoms with van der Waals surface area (Å²) < 4.78 is 27.4. The molecule has 0 spiro atoms. The molecule has 1 aromatic heterocycles. The molecule has 0 saturated carbocycles. The van der Waals surface area contributed by atoms with E-state index in [2.05, 4.69) is 5.32 Å². The molecular formula is C24H26N4O5S3. The Morgan fingerprint density at radius 1 is 1.19 bits per heavy atom. The number of thiophene rings is 1. The molecule has 0 fully saturated rings. The number of nitrogens with one attached hydrogen (secondary N) is 2. The minimum Gasteiger partial charge on any atom is -0.481 e. The van der Waals surface area contributed by atoms with Crippen molar-refractivity contribution in [2.45, 2.75) is 39.8 Å². The first-order valence-electron chi connectivity index (χ1n) is 10.7. The lowest BCUT2D eigenvalue weighted by molar-refractivity contribution is -0.137. The van der Waals surface area contributed by atoms with Crippen LogP contribution in [0.4, 0.5) is 5.69 Å². The van der Waals surface area contributed by atoms with Crippen LogP contribution in [-0.2, 0) is 19.4 Å². The van der Waals surface area contributed by atoms with Crippen molar-refractivity contribution in [3.05, 3.63) is 59.0 Å². The fourth-order valence-electron chi connectivity index (χ4n) is 3.49. The lowest BCUT2D eigenvalue weighted by Gasteiger charge is -2.14. The van der Waals surface area contributed by atoms with Gasteiger partial charge in [-0.2, -0.15) is 0 Å². The Kier molecular flexibility index (Phi) is 8.56. The smallest absolute Gasteiger partial charge is 0.303 e. The first kappa shape index (κ1) is 27.4. The predicted molar refractivity (Wildman–Crippen MR) is 143 cm³/mol. The average molecular weight is 547 g/mol. The molecule has 190 valence electrons. The predicted octanol–water partition coefficient (Wildman–Crippen LogP) is 3.69. The first-order chi connectivity index (χ1) is 16.9. The van der Waals surface area contributed by atoms with E-state index in [-0.39, 0.29) is 28.5 Å². The molecule has 36 heavy (non-hydrogen) atoms. The van der Waals surface area contributed by atoms with Crippen LogP contribution in [-0.4, -0.2) is 43.5 Å². The monoisotopic (exact) mass is 546 g/mol. The second kappa shape index (κ2) is 11.2. The summed E-state index contributed by atoms with van der Waals surface area (Å²) in [5.74, 6) is -1.69. The Hall–Kier alpha value is -3.19. The number of hydrogen-bond acceptors (Lipinski definition) is 8. The van der Waals surface area contributed by atoms with Crippen LogP contribution >= 0.6 is 23.1 Å². The Labute approximate surface area is 217 Å². The van der Waals surface area contributed by atoms with E-state index in [0.29, 0.717) is 20.3 Å². The van der Waals surface area contributed by atoms with E-state index in [4.69, 9.17) is 22.0 Å². The summed E-state index contributed by atoms with van der Waals surface area (Å²) in [6.07, 6.45) is 1.59. The number of benzene rings is 2. The normalized spacial score (nSPS) is 12.2. The molecule has 0 radical (unpaired) electrons. The fraction of sp³-hybridized carbons (Fsp3) is 0.208. The van der Waals surface area contributed by atoms with Gasteiger partial charge in [0.2, 0.25) is 15.7 Å². The SMILES string of the molecule is CSc1sc(C(=N)N)cc1S(=O)(=O)c1cccc(-c2ccc(NC(=O)C(N)CCC(=O)O)cc2C)c1. The molecule has 3 rings (SSSR count). The van der Waals surface area contributed by atoms with Crippen LogP contribution in [0.3, 0.4) is 0 Å². The molecule has 0 aliphatic rings. The van der Waals surface area contributed by atoms with Gasteiger partial charge in [0.25, 0.3) is 0 Å². The molecule has 7 N–H and O–H groups in total. The van der Waals surface area contributed by atoms with Crippen molar-refractivity contribution in [3.8, 4) is 11.1 Å². The number of aliphatic carboxylic acids is 1. The molecule has 9 nitrogen and oxygen atoms in total. The molecule has 0 bridgehead atoms. The van der Waals surface area contributed by atoms with Crippen molar-refractivity contribution in [2.24, 2.45) is 11.5 Å². The van der Waals surface area contributed by atoms with Gasteiger partial charge < -0.3 is 21.9 Å². The van der Waals surface area contributed by atoms with Gasteiger partial charge in [0.1, 0.15) is 5.84 Å². The van der Waals surface area contributed by atoms with Crippen molar-refractivity contribution < 1.29 is 23.1 Å². The van der Waals surface area contributed by atoms with Crippen LogP contribution < -0.4 is 16.8 Å². The third-order valence-electron chi connectivity index (χ3n) is 5.36.